The van der Waals surface area contributed by atoms with Crippen molar-refractivity contribution < 1.29 is 14.3 Å². The second-order valence-corrected chi connectivity index (χ2v) is 7.17. The number of likely N-dealkylation sites (tertiary alicyclic amines) is 1. The molecule has 1 fully saturated rings. The third-order valence-corrected chi connectivity index (χ3v) is 4.99. The number of rotatable bonds is 7. The van der Waals surface area contributed by atoms with E-state index < -0.39 is 0 Å². The van der Waals surface area contributed by atoms with Gasteiger partial charge in [0.2, 0.25) is 5.91 Å². The Morgan fingerprint density at radius 3 is 2.57 bits per heavy atom. The highest BCUT2D eigenvalue weighted by molar-refractivity contribution is 5.96. The van der Waals surface area contributed by atoms with Crippen molar-refractivity contribution in [3.63, 3.8) is 0 Å². The van der Waals surface area contributed by atoms with Crippen molar-refractivity contribution >= 4 is 17.5 Å². The maximum atomic E-state index is 12.9. The summed E-state index contributed by atoms with van der Waals surface area (Å²) < 4.78 is 5.65. The van der Waals surface area contributed by atoms with E-state index in [1.807, 2.05) is 42.5 Å². The number of carbonyl (C=O) groups excluding carboxylic acids is 2. The van der Waals surface area contributed by atoms with Crippen molar-refractivity contribution in [1.29, 1.82) is 0 Å². The summed E-state index contributed by atoms with van der Waals surface area (Å²) in [4.78, 5) is 27.2. The molecule has 2 aromatic carbocycles. The molecule has 1 aliphatic rings. The summed E-state index contributed by atoms with van der Waals surface area (Å²) >= 11 is 0. The normalized spacial score (nSPS) is 16.5. The van der Waals surface area contributed by atoms with E-state index >= 15 is 0 Å². The fourth-order valence-electron chi connectivity index (χ4n) is 3.35. The zero-order valence-electron chi connectivity index (χ0n) is 16.4. The van der Waals surface area contributed by atoms with Crippen LogP contribution in [0.5, 0.6) is 5.75 Å². The third-order valence-electron chi connectivity index (χ3n) is 4.99. The maximum absolute atomic E-state index is 12.9. The summed E-state index contributed by atoms with van der Waals surface area (Å²) in [6.07, 6.45) is 3.73. The van der Waals surface area contributed by atoms with Gasteiger partial charge in [0.05, 0.1) is 12.5 Å². The molecule has 0 radical (unpaired) electrons. The van der Waals surface area contributed by atoms with Gasteiger partial charge in [-0.2, -0.15) is 0 Å². The summed E-state index contributed by atoms with van der Waals surface area (Å²) in [7, 11) is 0. The summed E-state index contributed by atoms with van der Waals surface area (Å²) in [6.45, 7) is 3.94. The van der Waals surface area contributed by atoms with Crippen molar-refractivity contribution in [3.05, 3.63) is 60.2 Å². The van der Waals surface area contributed by atoms with Gasteiger partial charge < -0.3 is 15.0 Å². The topological polar surface area (TPSA) is 58.6 Å². The van der Waals surface area contributed by atoms with E-state index in [1.165, 1.54) is 0 Å². The van der Waals surface area contributed by atoms with Crippen molar-refractivity contribution in [3.8, 4) is 5.75 Å². The minimum atomic E-state index is -0.186. The first-order valence-electron chi connectivity index (χ1n) is 10.1. The van der Waals surface area contributed by atoms with E-state index in [-0.39, 0.29) is 17.7 Å². The molecule has 3 rings (SSSR count). The third kappa shape index (κ3) is 5.35. The predicted molar refractivity (Wildman–Crippen MR) is 111 cm³/mol. The first-order chi connectivity index (χ1) is 13.7. The zero-order chi connectivity index (χ0) is 19.8. The lowest BCUT2D eigenvalue weighted by atomic mass is 9.96. The van der Waals surface area contributed by atoms with Crippen LogP contribution in [-0.2, 0) is 4.79 Å². The molecular weight excluding hydrogens is 352 g/mol. The number of para-hydroxylation sites is 1. The molecular formula is C23H28N2O3. The molecule has 0 aliphatic carbocycles. The van der Waals surface area contributed by atoms with Crippen molar-refractivity contribution in [2.24, 2.45) is 5.92 Å². The number of hydrogen-bond acceptors (Lipinski definition) is 3. The van der Waals surface area contributed by atoms with Gasteiger partial charge in [-0.1, -0.05) is 31.5 Å². The van der Waals surface area contributed by atoms with E-state index in [0.717, 1.165) is 37.1 Å². The molecule has 1 aliphatic heterocycles. The van der Waals surface area contributed by atoms with Crippen LogP contribution >= 0.6 is 0 Å². The van der Waals surface area contributed by atoms with Gasteiger partial charge >= 0.3 is 0 Å². The molecule has 0 aromatic heterocycles. The number of hydrogen-bond donors (Lipinski definition) is 1. The Hall–Kier alpha value is -2.82. The Kier molecular flexibility index (Phi) is 7.06. The van der Waals surface area contributed by atoms with E-state index in [0.29, 0.717) is 25.3 Å². The molecule has 5 heteroatoms. The summed E-state index contributed by atoms with van der Waals surface area (Å²) in [5.74, 6) is 0.541. The predicted octanol–water partition coefficient (Wildman–Crippen LogP) is 4.36. The molecule has 1 saturated heterocycles. The molecule has 2 amide bonds. The summed E-state index contributed by atoms with van der Waals surface area (Å²) in [5.41, 5.74) is 1.42. The molecule has 1 atom stereocenters. The lowest BCUT2D eigenvalue weighted by molar-refractivity contribution is -0.121. The van der Waals surface area contributed by atoms with E-state index in [9.17, 15) is 9.59 Å². The Morgan fingerprint density at radius 1 is 1.11 bits per heavy atom. The van der Waals surface area contributed by atoms with Crippen LogP contribution in [0.25, 0.3) is 0 Å². The van der Waals surface area contributed by atoms with Crippen LogP contribution in [-0.4, -0.2) is 36.4 Å². The highest BCUT2D eigenvalue weighted by Crippen LogP contribution is 2.21. The average molecular weight is 380 g/mol. The van der Waals surface area contributed by atoms with Crippen LogP contribution < -0.4 is 10.1 Å². The van der Waals surface area contributed by atoms with Crippen molar-refractivity contribution in [2.45, 2.75) is 32.6 Å². The van der Waals surface area contributed by atoms with Crippen LogP contribution in [0.3, 0.4) is 0 Å². The molecule has 1 heterocycles. The lowest BCUT2D eigenvalue weighted by Crippen LogP contribution is -2.43. The van der Waals surface area contributed by atoms with Gasteiger partial charge in [0.15, 0.2) is 0 Å². The van der Waals surface area contributed by atoms with Crippen molar-refractivity contribution in [2.75, 3.05) is 25.0 Å². The number of piperidine rings is 1. The van der Waals surface area contributed by atoms with E-state index in [1.54, 1.807) is 17.0 Å². The first-order valence-corrected chi connectivity index (χ1v) is 10.1. The Balaban J connectivity index is 1.57. The molecule has 2 aromatic rings. The van der Waals surface area contributed by atoms with Gasteiger partial charge in [-0.15, -0.1) is 0 Å². The summed E-state index contributed by atoms with van der Waals surface area (Å²) in [6, 6.07) is 16.7. The smallest absolute Gasteiger partial charge is 0.253 e. The molecule has 0 saturated carbocycles. The van der Waals surface area contributed by atoms with E-state index in [2.05, 4.69) is 12.2 Å². The van der Waals surface area contributed by atoms with E-state index in [4.69, 9.17) is 4.74 Å². The minimum absolute atomic E-state index is 0.0247. The highest BCUT2D eigenvalue weighted by Gasteiger charge is 2.29. The van der Waals surface area contributed by atoms with Gasteiger partial charge in [0.25, 0.3) is 5.91 Å². The monoisotopic (exact) mass is 380 g/mol. The van der Waals surface area contributed by atoms with Gasteiger partial charge in [0.1, 0.15) is 5.75 Å². The molecule has 28 heavy (non-hydrogen) atoms. The zero-order valence-corrected chi connectivity index (χ0v) is 16.4. The fraction of sp³-hybridized carbons (Fsp3) is 0.391. The number of nitrogens with one attached hydrogen (secondary N) is 1. The van der Waals surface area contributed by atoms with Crippen LogP contribution in [0, 0.1) is 5.92 Å². The lowest BCUT2D eigenvalue weighted by Gasteiger charge is -2.32. The quantitative estimate of drug-likeness (QED) is 0.726. The van der Waals surface area contributed by atoms with Gasteiger partial charge in [0, 0.05) is 24.3 Å². The highest BCUT2D eigenvalue weighted by atomic mass is 16.5. The van der Waals surface area contributed by atoms with Gasteiger partial charge in [-0.05, 0) is 55.7 Å². The molecule has 148 valence electrons. The SMILES string of the molecule is CCCCOc1ccc(C(=O)N2CCCC(C(=O)Nc3ccccc3)C2)cc1. The average Bonchev–Trinajstić information content (AvgIpc) is 2.75. The summed E-state index contributed by atoms with van der Waals surface area (Å²) in [5, 5.41) is 2.95. The Labute approximate surface area is 166 Å². The number of nitrogens with zero attached hydrogens (tertiary/aromatic N) is 1. The van der Waals surface area contributed by atoms with Crippen LogP contribution in [0.1, 0.15) is 43.0 Å². The van der Waals surface area contributed by atoms with Crippen LogP contribution in [0.2, 0.25) is 0 Å². The number of benzene rings is 2. The molecule has 1 unspecified atom stereocenters. The molecule has 0 spiro atoms. The molecule has 1 N–H and O–H groups in total. The standard InChI is InChI=1S/C23H28N2O3/c1-2-3-16-28-21-13-11-18(12-14-21)23(27)25-15-7-8-19(17-25)22(26)24-20-9-5-4-6-10-20/h4-6,9-14,19H,2-3,7-8,15-17H2,1H3,(H,24,26). The largest absolute Gasteiger partial charge is 0.494 e. The Bertz CT molecular complexity index is 774. The second kappa shape index (κ2) is 9.93. The minimum Gasteiger partial charge on any atom is -0.494 e. The Morgan fingerprint density at radius 2 is 1.86 bits per heavy atom. The van der Waals surface area contributed by atoms with Crippen LogP contribution in [0.4, 0.5) is 5.69 Å². The molecule has 0 bridgehead atoms. The van der Waals surface area contributed by atoms with Gasteiger partial charge in [-0.25, -0.2) is 0 Å². The first kappa shape index (κ1) is 19.9. The number of unbranched alkanes of at least 4 members (excludes halogenated alkanes) is 1. The number of carbonyl (C=O) groups is 2. The van der Waals surface area contributed by atoms with Crippen LogP contribution in [0.15, 0.2) is 54.6 Å². The van der Waals surface area contributed by atoms with Gasteiger partial charge in [-0.3, -0.25) is 9.59 Å². The fourth-order valence-corrected chi connectivity index (χ4v) is 3.35. The van der Waals surface area contributed by atoms with Crippen molar-refractivity contribution in [1.82, 2.24) is 4.90 Å². The maximum Gasteiger partial charge on any atom is 0.253 e. The number of amides is 2. The second-order valence-electron chi connectivity index (χ2n) is 7.17. The molecule has 5 nitrogen and oxygen atoms in total. The number of ether oxygens (including phenoxy) is 1. The number of anilines is 1.